The molecule has 3 nitrogen and oxygen atoms in total. The predicted molar refractivity (Wildman–Crippen MR) is 76.5 cm³/mol. The third-order valence-corrected chi connectivity index (χ3v) is 3.01. The Labute approximate surface area is 113 Å². The molecule has 0 bridgehead atoms. The lowest BCUT2D eigenvalue weighted by atomic mass is 10.1. The maximum absolute atomic E-state index is 9.67. The van der Waals surface area contributed by atoms with Crippen molar-refractivity contribution in [2.45, 2.75) is 13.0 Å². The second-order valence-electron chi connectivity index (χ2n) is 4.42. The van der Waals surface area contributed by atoms with Crippen LogP contribution in [0.2, 0.25) is 0 Å². The normalized spacial score (nSPS) is 10.4. The van der Waals surface area contributed by atoms with Crippen LogP contribution in [0.1, 0.15) is 11.1 Å². The zero-order valence-corrected chi connectivity index (χ0v) is 11.1. The molecule has 0 aliphatic carbocycles. The Kier molecular flexibility index (Phi) is 4.81. The highest BCUT2D eigenvalue weighted by Crippen LogP contribution is 2.25. The molecule has 0 aliphatic heterocycles. The largest absolute Gasteiger partial charge is 0.504 e. The number of hydrogen-bond donors (Lipinski definition) is 2. The minimum Gasteiger partial charge on any atom is -0.504 e. The molecule has 0 saturated carbocycles. The first-order valence-corrected chi connectivity index (χ1v) is 6.40. The van der Waals surface area contributed by atoms with E-state index in [0.717, 1.165) is 25.1 Å². The minimum absolute atomic E-state index is 0.185. The standard InChI is InChI=1S/C16H19NO2/c1-19-16-8-7-14(11-15(16)18)12-17-10-9-13-5-3-2-4-6-13/h2-8,11,17-18H,9-10,12H2,1H3. The minimum atomic E-state index is 0.185. The van der Waals surface area contributed by atoms with E-state index < -0.39 is 0 Å². The zero-order chi connectivity index (χ0) is 13.5. The van der Waals surface area contributed by atoms with Gasteiger partial charge in [-0.05, 0) is 36.2 Å². The van der Waals surface area contributed by atoms with Gasteiger partial charge in [-0.2, -0.15) is 0 Å². The maximum Gasteiger partial charge on any atom is 0.160 e. The number of ether oxygens (including phenoxy) is 1. The number of rotatable bonds is 6. The van der Waals surface area contributed by atoms with E-state index in [-0.39, 0.29) is 5.75 Å². The first-order chi connectivity index (χ1) is 9.29. The van der Waals surface area contributed by atoms with Crippen LogP contribution in [0.3, 0.4) is 0 Å². The number of phenolic OH excluding ortho intramolecular Hbond substituents is 1. The Hall–Kier alpha value is -2.00. The van der Waals surface area contributed by atoms with Crippen molar-refractivity contribution in [2.75, 3.05) is 13.7 Å². The van der Waals surface area contributed by atoms with Crippen molar-refractivity contribution in [1.82, 2.24) is 5.32 Å². The Morgan fingerprint density at radius 1 is 1.05 bits per heavy atom. The van der Waals surface area contributed by atoms with Crippen LogP contribution in [0.15, 0.2) is 48.5 Å². The van der Waals surface area contributed by atoms with Crippen molar-refractivity contribution < 1.29 is 9.84 Å². The third-order valence-electron chi connectivity index (χ3n) is 3.01. The number of nitrogens with one attached hydrogen (secondary N) is 1. The highest BCUT2D eigenvalue weighted by molar-refractivity contribution is 5.41. The van der Waals surface area contributed by atoms with Crippen LogP contribution in [0, 0.1) is 0 Å². The summed E-state index contributed by atoms with van der Waals surface area (Å²) in [6.45, 7) is 1.65. The first kappa shape index (κ1) is 13.4. The molecule has 0 aliphatic rings. The van der Waals surface area contributed by atoms with Crippen LogP contribution in [0.5, 0.6) is 11.5 Å². The summed E-state index contributed by atoms with van der Waals surface area (Å²) in [7, 11) is 1.55. The summed E-state index contributed by atoms with van der Waals surface area (Å²) in [4.78, 5) is 0. The molecule has 0 radical (unpaired) electrons. The number of hydrogen-bond acceptors (Lipinski definition) is 3. The second kappa shape index (κ2) is 6.81. The number of benzene rings is 2. The molecule has 0 aromatic heterocycles. The van der Waals surface area contributed by atoms with Gasteiger partial charge < -0.3 is 15.2 Å². The van der Waals surface area contributed by atoms with Crippen LogP contribution in [-0.4, -0.2) is 18.8 Å². The van der Waals surface area contributed by atoms with E-state index in [0.29, 0.717) is 5.75 Å². The molecule has 19 heavy (non-hydrogen) atoms. The summed E-state index contributed by atoms with van der Waals surface area (Å²) in [6.07, 6.45) is 1.00. The second-order valence-corrected chi connectivity index (χ2v) is 4.42. The fraction of sp³-hybridized carbons (Fsp3) is 0.250. The number of phenols is 1. The van der Waals surface area contributed by atoms with Crippen LogP contribution in [0.25, 0.3) is 0 Å². The van der Waals surface area contributed by atoms with E-state index in [1.165, 1.54) is 5.56 Å². The smallest absolute Gasteiger partial charge is 0.160 e. The van der Waals surface area contributed by atoms with Crippen molar-refractivity contribution >= 4 is 0 Å². The van der Waals surface area contributed by atoms with Crippen molar-refractivity contribution in [3.63, 3.8) is 0 Å². The number of methoxy groups -OCH3 is 1. The van der Waals surface area contributed by atoms with Gasteiger partial charge in [0.15, 0.2) is 11.5 Å². The van der Waals surface area contributed by atoms with Crippen LogP contribution < -0.4 is 10.1 Å². The maximum atomic E-state index is 9.67. The zero-order valence-electron chi connectivity index (χ0n) is 11.1. The molecule has 0 amide bonds. The summed E-state index contributed by atoms with van der Waals surface area (Å²) in [5.74, 6) is 0.692. The van der Waals surface area contributed by atoms with Crippen molar-refractivity contribution in [1.29, 1.82) is 0 Å². The molecule has 0 saturated heterocycles. The van der Waals surface area contributed by atoms with Gasteiger partial charge in [-0.15, -0.1) is 0 Å². The average Bonchev–Trinajstić information content (AvgIpc) is 2.45. The van der Waals surface area contributed by atoms with Gasteiger partial charge in [0, 0.05) is 6.54 Å². The van der Waals surface area contributed by atoms with E-state index in [4.69, 9.17) is 4.74 Å². The van der Waals surface area contributed by atoms with Gasteiger partial charge in [0.2, 0.25) is 0 Å². The molecule has 2 N–H and O–H groups in total. The van der Waals surface area contributed by atoms with E-state index in [9.17, 15) is 5.11 Å². The van der Waals surface area contributed by atoms with E-state index in [1.807, 2.05) is 12.1 Å². The quantitative estimate of drug-likeness (QED) is 0.782. The predicted octanol–water partition coefficient (Wildman–Crippen LogP) is 2.73. The molecule has 0 unspecified atom stereocenters. The third kappa shape index (κ3) is 4.00. The highest BCUT2D eigenvalue weighted by Gasteiger charge is 2.01. The van der Waals surface area contributed by atoms with Crippen LogP contribution in [0.4, 0.5) is 0 Å². The molecular formula is C16H19NO2. The number of aromatic hydroxyl groups is 1. The van der Waals surface area contributed by atoms with Gasteiger partial charge in [-0.3, -0.25) is 0 Å². The van der Waals surface area contributed by atoms with Crippen LogP contribution in [-0.2, 0) is 13.0 Å². The fourth-order valence-corrected chi connectivity index (χ4v) is 1.96. The monoisotopic (exact) mass is 257 g/mol. The lowest BCUT2D eigenvalue weighted by Crippen LogP contribution is -2.16. The Morgan fingerprint density at radius 2 is 1.84 bits per heavy atom. The van der Waals surface area contributed by atoms with Gasteiger partial charge in [-0.25, -0.2) is 0 Å². The summed E-state index contributed by atoms with van der Waals surface area (Å²) < 4.78 is 5.01. The van der Waals surface area contributed by atoms with Gasteiger partial charge in [0.1, 0.15) is 0 Å². The van der Waals surface area contributed by atoms with Crippen molar-refractivity contribution in [3.8, 4) is 11.5 Å². The molecule has 0 atom stereocenters. The molecular weight excluding hydrogens is 238 g/mol. The Bertz CT molecular complexity index is 511. The first-order valence-electron chi connectivity index (χ1n) is 6.40. The van der Waals surface area contributed by atoms with E-state index in [1.54, 1.807) is 19.2 Å². The van der Waals surface area contributed by atoms with E-state index in [2.05, 4.69) is 29.6 Å². The SMILES string of the molecule is COc1ccc(CNCCc2ccccc2)cc1O. The average molecular weight is 257 g/mol. The summed E-state index contributed by atoms with van der Waals surface area (Å²) in [5.41, 5.74) is 2.37. The fourth-order valence-electron chi connectivity index (χ4n) is 1.96. The Morgan fingerprint density at radius 3 is 2.53 bits per heavy atom. The topological polar surface area (TPSA) is 41.5 Å². The summed E-state index contributed by atoms with van der Waals surface area (Å²) in [6, 6.07) is 15.8. The lowest BCUT2D eigenvalue weighted by Gasteiger charge is -2.08. The highest BCUT2D eigenvalue weighted by atomic mass is 16.5. The van der Waals surface area contributed by atoms with Crippen molar-refractivity contribution in [3.05, 3.63) is 59.7 Å². The molecule has 0 fully saturated rings. The Balaban J connectivity index is 1.78. The lowest BCUT2D eigenvalue weighted by molar-refractivity contribution is 0.373. The summed E-state index contributed by atoms with van der Waals surface area (Å²) >= 11 is 0. The summed E-state index contributed by atoms with van der Waals surface area (Å²) in [5, 5.41) is 13.0. The molecule has 100 valence electrons. The molecule has 2 aromatic carbocycles. The molecule has 2 aromatic rings. The molecule has 0 heterocycles. The van der Waals surface area contributed by atoms with Crippen LogP contribution >= 0.6 is 0 Å². The molecule has 3 heteroatoms. The van der Waals surface area contributed by atoms with E-state index >= 15 is 0 Å². The molecule has 0 spiro atoms. The van der Waals surface area contributed by atoms with Crippen molar-refractivity contribution in [2.24, 2.45) is 0 Å². The van der Waals surface area contributed by atoms with Gasteiger partial charge in [0.25, 0.3) is 0 Å². The van der Waals surface area contributed by atoms with Gasteiger partial charge >= 0.3 is 0 Å². The molecule has 2 rings (SSSR count). The van der Waals surface area contributed by atoms with Gasteiger partial charge in [-0.1, -0.05) is 36.4 Å². The van der Waals surface area contributed by atoms with Gasteiger partial charge in [0.05, 0.1) is 7.11 Å².